The van der Waals surface area contributed by atoms with E-state index in [1.54, 1.807) is 23.2 Å². The van der Waals surface area contributed by atoms with Crippen molar-refractivity contribution in [1.29, 1.82) is 0 Å². The summed E-state index contributed by atoms with van der Waals surface area (Å²) in [6, 6.07) is 12.9. The Balaban J connectivity index is 2.11. The lowest BCUT2D eigenvalue weighted by Crippen LogP contribution is -2.25. The molecule has 7 heteroatoms. The fourth-order valence-electron chi connectivity index (χ4n) is 2.81. The average Bonchev–Trinajstić information content (AvgIpc) is 2.86. The van der Waals surface area contributed by atoms with Crippen LogP contribution >= 0.6 is 50.7 Å². The van der Waals surface area contributed by atoms with Crippen molar-refractivity contribution >= 4 is 67.4 Å². The van der Waals surface area contributed by atoms with E-state index in [1.165, 1.54) is 0 Å². The molecule has 3 nitrogen and oxygen atoms in total. The van der Waals surface area contributed by atoms with Gasteiger partial charge in [-0.05, 0) is 47.5 Å². The van der Waals surface area contributed by atoms with Gasteiger partial charge in [0.05, 0.1) is 16.8 Å². The summed E-state index contributed by atoms with van der Waals surface area (Å²) in [5, 5.41) is 6.62. The first-order valence-corrected chi connectivity index (χ1v) is 9.09. The lowest BCUT2D eigenvalue weighted by Gasteiger charge is -2.27. The van der Waals surface area contributed by atoms with Crippen LogP contribution in [0.1, 0.15) is 18.5 Å². The monoisotopic (exact) mass is 444 g/mol. The quantitative estimate of drug-likeness (QED) is 0.536. The molecule has 2 unspecified atom stereocenters. The van der Waals surface area contributed by atoms with Crippen molar-refractivity contribution in [3.05, 3.63) is 62.5 Å². The summed E-state index contributed by atoms with van der Waals surface area (Å²) in [4.78, 5) is 11.7. The third kappa shape index (κ3) is 3.33. The highest BCUT2D eigenvalue weighted by Gasteiger charge is 2.39. The molecule has 0 amide bonds. The highest BCUT2D eigenvalue weighted by atomic mass is 79.9. The normalized spacial score (nSPS) is 20.2. The molecule has 0 saturated carbocycles. The first-order chi connectivity index (χ1) is 11.4. The van der Waals surface area contributed by atoms with E-state index < -0.39 is 5.24 Å². The summed E-state index contributed by atoms with van der Waals surface area (Å²) >= 11 is 21.5. The standard InChI is InChI=1S/C17H12BrCl3N2O/c1-9-15(17(21)24)22-23(14-7-6-12(19)8-13(14)20)16(9)10-2-4-11(18)5-3-10/h2-9,16H,1H3. The van der Waals surface area contributed by atoms with Gasteiger partial charge in [-0.2, -0.15) is 5.10 Å². The number of carbonyl (C=O) groups excluding carboxylic acids is 1. The molecule has 3 rings (SSSR count). The van der Waals surface area contributed by atoms with Crippen LogP contribution in [0.2, 0.25) is 10.0 Å². The maximum Gasteiger partial charge on any atom is 0.268 e. The molecule has 1 heterocycles. The largest absolute Gasteiger partial charge is 0.274 e. The molecule has 0 N–H and O–H groups in total. The van der Waals surface area contributed by atoms with Gasteiger partial charge < -0.3 is 0 Å². The number of halogens is 4. The minimum atomic E-state index is -0.558. The van der Waals surface area contributed by atoms with Crippen molar-refractivity contribution in [3.8, 4) is 0 Å². The highest BCUT2D eigenvalue weighted by Crippen LogP contribution is 2.42. The van der Waals surface area contributed by atoms with Crippen molar-refractivity contribution in [1.82, 2.24) is 0 Å². The van der Waals surface area contributed by atoms with E-state index in [0.717, 1.165) is 10.0 Å². The summed E-state index contributed by atoms with van der Waals surface area (Å²) in [6.45, 7) is 1.93. The Bertz CT molecular complexity index is 823. The Labute approximate surface area is 163 Å². The topological polar surface area (TPSA) is 32.7 Å². The fourth-order valence-corrected chi connectivity index (χ4v) is 3.78. The lowest BCUT2D eigenvalue weighted by atomic mass is 9.92. The van der Waals surface area contributed by atoms with E-state index in [9.17, 15) is 4.79 Å². The van der Waals surface area contributed by atoms with Gasteiger partial charge in [-0.15, -0.1) is 0 Å². The summed E-state index contributed by atoms with van der Waals surface area (Å²) in [6.07, 6.45) is 0. The van der Waals surface area contributed by atoms with E-state index in [1.807, 2.05) is 31.2 Å². The summed E-state index contributed by atoms with van der Waals surface area (Å²) in [5.74, 6) is -0.178. The second-order valence-electron chi connectivity index (χ2n) is 5.48. The molecule has 0 bridgehead atoms. The molecule has 0 spiro atoms. The second-order valence-corrected chi connectivity index (χ2v) is 7.59. The predicted molar refractivity (Wildman–Crippen MR) is 103 cm³/mol. The van der Waals surface area contributed by atoms with Crippen molar-refractivity contribution in [3.63, 3.8) is 0 Å². The molecule has 2 atom stereocenters. The summed E-state index contributed by atoms with van der Waals surface area (Å²) in [5.41, 5.74) is 2.00. The second kappa shape index (κ2) is 7.04. The third-order valence-electron chi connectivity index (χ3n) is 3.95. The number of carbonyl (C=O) groups is 1. The van der Waals surface area contributed by atoms with Crippen LogP contribution in [0.3, 0.4) is 0 Å². The summed E-state index contributed by atoms with van der Waals surface area (Å²) in [7, 11) is 0. The zero-order valence-corrected chi connectivity index (χ0v) is 16.4. The van der Waals surface area contributed by atoms with Gasteiger partial charge in [-0.1, -0.05) is 58.2 Å². The van der Waals surface area contributed by atoms with Gasteiger partial charge in [0, 0.05) is 15.4 Å². The number of nitrogens with zero attached hydrogens (tertiary/aromatic N) is 2. The smallest absolute Gasteiger partial charge is 0.268 e. The Morgan fingerprint density at radius 1 is 1.17 bits per heavy atom. The number of anilines is 1. The van der Waals surface area contributed by atoms with Crippen LogP contribution in [0, 0.1) is 5.92 Å². The molecule has 0 aliphatic carbocycles. The first-order valence-electron chi connectivity index (χ1n) is 7.16. The molecule has 0 radical (unpaired) electrons. The third-order valence-corrected chi connectivity index (χ3v) is 5.21. The van der Waals surface area contributed by atoms with Crippen LogP contribution in [0.5, 0.6) is 0 Å². The maximum absolute atomic E-state index is 11.7. The van der Waals surface area contributed by atoms with Crippen LogP contribution in [0.15, 0.2) is 52.0 Å². The van der Waals surface area contributed by atoms with Crippen molar-refractivity contribution < 1.29 is 4.79 Å². The first kappa shape index (κ1) is 17.7. The lowest BCUT2D eigenvalue weighted by molar-refractivity contribution is -0.106. The molecular weight excluding hydrogens is 434 g/mol. The number of benzene rings is 2. The van der Waals surface area contributed by atoms with Gasteiger partial charge in [-0.25, -0.2) is 0 Å². The molecule has 24 heavy (non-hydrogen) atoms. The highest BCUT2D eigenvalue weighted by molar-refractivity contribution is 9.10. The molecule has 1 aliphatic heterocycles. The minimum absolute atomic E-state index is 0.178. The number of hydrogen-bond donors (Lipinski definition) is 0. The van der Waals surface area contributed by atoms with Crippen LogP contribution in [0.25, 0.3) is 0 Å². The van der Waals surface area contributed by atoms with Gasteiger partial charge in [0.2, 0.25) is 0 Å². The maximum atomic E-state index is 11.7. The van der Waals surface area contributed by atoms with E-state index in [4.69, 9.17) is 34.8 Å². The SMILES string of the molecule is CC1C(C(=O)Cl)=NN(c2ccc(Cl)cc2Cl)C1c1ccc(Br)cc1. The summed E-state index contributed by atoms with van der Waals surface area (Å²) < 4.78 is 0.975. The van der Waals surface area contributed by atoms with E-state index in [-0.39, 0.29) is 12.0 Å². The molecule has 2 aromatic carbocycles. The Kier molecular flexibility index (Phi) is 5.21. The van der Waals surface area contributed by atoms with Gasteiger partial charge in [0.15, 0.2) is 0 Å². The van der Waals surface area contributed by atoms with E-state index in [2.05, 4.69) is 21.0 Å². The van der Waals surface area contributed by atoms with Crippen molar-refractivity contribution in [2.24, 2.45) is 11.0 Å². The van der Waals surface area contributed by atoms with Gasteiger partial charge in [0.25, 0.3) is 5.24 Å². The zero-order chi connectivity index (χ0) is 17.4. The number of hydrazone groups is 1. The van der Waals surface area contributed by atoms with Crippen molar-refractivity contribution in [2.75, 3.05) is 5.01 Å². The molecule has 0 aromatic heterocycles. The molecular formula is C17H12BrCl3N2O. The fraction of sp³-hybridized carbons (Fsp3) is 0.176. The van der Waals surface area contributed by atoms with E-state index in [0.29, 0.717) is 21.4 Å². The number of rotatable bonds is 3. The minimum Gasteiger partial charge on any atom is -0.274 e. The van der Waals surface area contributed by atoms with Crippen molar-refractivity contribution in [2.45, 2.75) is 13.0 Å². The Morgan fingerprint density at radius 3 is 2.42 bits per heavy atom. The van der Waals surface area contributed by atoms with Crippen LogP contribution < -0.4 is 5.01 Å². The van der Waals surface area contributed by atoms with E-state index >= 15 is 0 Å². The van der Waals surface area contributed by atoms with Gasteiger partial charge >= 0.3 is 0 Å². The predicted octanol–water partition coefficient (Wildman–Crippen LogP) is 6.07. The Morgan fingerprint density at radius 2 is 1.83 bits per heavy atom. The molecule has 2 aromatic rings. The molecule has 124 valence electrons. The number of hydrogen-bond acceptors (Lipinski definition) is 3. The van der Waals surface area contributed by atoms with Crippen LogP contribution in [-0.4, -0.2) is 11.0 Å². The zero-order valence-electron chi connectivity index (χ0n) is 12.5. The Hall–Kier alpha value is -1.07. The van der Waals surface area contributed by atoms with Crippen LogP contribution in [0.4, 0.5) is 5.69 Å². The van der Waals surface area contributed by atoms with Gasteiger partial charge in [-0.3, -0.25) is 9.80 Å². The average molecular weight is 447 g/mol. The molecule has 1 aliphatic rings. The van der Waals surface area contributed by atoms with Crippen LogP contribution in [-0.2, 0) is 4.79 Å². The molecule has 0 saturated heterocycles. The van der Waals surface area contributed by atoms with Gasteiger partial charge in [0.1, 0.15) is 5.71 Å². The molecule has 0 fully saturated rings.